The van der Waals surface area contributed by atoms with E-state index in [0.717, 1.165) is 0 Å². The van der Waals surface area contributed by atoms with Gasteiger partial charge in [-0.25, -0.2) is 0 Å². The molecule has 1 atom stereocenters. The van der Waals surface area contributed by atoms with Crippen LogP contribution in [0.25, 0.3) is 0 Å². The summed E-state index contributed by atoms with van der Waals surface area (Å²) in [4.78, 5) is 11.7. The molecule has 106 valence electrons. The van der Waals surface area contributed by atoms with Gasteiger partial charge >= 0.3 is 0 Å². The lowest BCUT2D eigenvalue weighted by molar-refractivity contribution is -0.117. The van der Waals surface area contributed by atoms with Crippen LogP contribution in [-0.2, 0) is 14.3 Å². The molecule has 0 bridgehead atoms. The maximum absolute atomic E-state index is 11.7. The van der Waals surface area contributed by atoms with E-state index in [1.165, 1.54) is 0 Å². The van der Waals surface area contributed by atoms with Crippen molar-refractivity contribution < 1.29 is 14.3 Å². The first-order chi connectivity index (χ1) is 9.02. The van der Waals surface area contributed by atoms with Gasteiger partial charge in [0, 0.05) is 12.8 Å². The molecule has 6 heteroatoms. The Hall–Kier alpha value is -1.30. The van der Waals surface area contributed by atoms with Crippen LogP contribution >= 0.6 is 11.6 Å². The van der Waals surface area contributed by atoms with Crippen LogP contribution in [0, 0.1) is 0 Å². The third-order valence-corrected chi connectivity index (χ3v) is 2.71. The molecule has 1 aromatic carbocycles. The predicted octanol–water partition coefficient (Wildman–Crippen LogP) is 2.30. The number of ether oxygens (including phenoxy) is 2. The number of nitrogens with one attached hydrogen (secondary N) is 1. The summed E-state index contributed by atoms with van der Waals surface area (Å²) >= 11 is 5.96. The minimum atomic E-state index is -0.156. The molecule has 5 nitrogen and oxygen atoms in total. The average molecular weight is 287 g/mol. The van der Waals surface area contributed by atoms with Gasteiger partial charge in [-0.15, -0.1) is 0 Å². The number of carbonyl (C=O) groups excluding carboxylic acids is 1. The Morgan fingerprint density at radius 3 is 2.89 bits per heavy atom. The molecule has 0 radical (unpaired) electrons. The van der Waals surface area contributed by atoms with Crippen molar-refractivity contribution in [1.29, 1.82) is 0 Å². The van der Waals surface area contributed by atoms with Crippen molar-refractivity contribution in [3.8, 4) is 0 Å². The maximum atomic E-state index is 11.7. The SMILES string of the molecule is COCC(C)OCCC(=O)Nc1ccc(N)cc1Cl. The van der Waals surface area contributed by atoms with E-state index < -0.39 is 0 Å². The Labute approximate surface area is 118 Å². The number of nitrogen functional groups attached to an aromatic ring is 1. The second kappa shape index (κ2) is 7.99. The fourth-order valence-electron chi connectivity index (χ4n) is 1.48. The van der Waals surface area contributed by atoms with Gasteiger partial charge < -0.3 is 20.5 Å². The summed E-state index contributed by atoms with van der Waals surface area (Å²) < 4.78 is 10.3. The monoisotopic (exact) mass is 286 g/mol. The minimum absolute atomic E-state index is 0.0297. The number of hydrogen-bond acceptors (Lipinski definition) is 4. The number of benzene rings is 1. The Kier molecular flexibility index (Phi) is 6.62. The molecule has 0 aliphatic carbocycles. The van der Waals surface area contributed by atoms with Gasteiger partial charge in [-0.3, -0.25) is 4.79 Å². The molecule has 1 aromatic rings. The lowest BCUT2D eigenvalue weighted by Crippen LogP contribution is -2.19. The molecule has 0 saturated heterocycles. The number of nitrogens with two attached hydrogens (primary N) is 1. The molecule has 19 heavy (non-hydrogen) atoms. The quantitative estimate of drug-likeness (QED) is 0.754. The smallest absolute Gasteiger partial charge is 0.226 e. The molecule has 0 heterocycles. The second-order valence-electron chi connectivity index (χ2n) is 4.17. The van der Waals surface area contributed by atoms with E-state index in [0.29, 0.717) is 29.6 Å². The average Bonchev–Trinajstić information content (AvgIpc) is 2.33. The van der Waals surface area contributed by atoms with E-state index in [2.05, 4.69) is 5.32 Å². The zero-order valence-corrected chi connectivity index (χ0v) is 11.9. The molecular formula is C13H19ClN2O3. The van der Waals surface area contributed by atoms with E-state index in [4.69, 9.17) is 26.8 Å². The highest BCUT2D eigenvalue weighted by Gasteiger charge is 2.07. The number of amides is 1. The summed E-state index contributed by atoms with van der Waals surface area (Å²) in [7, 11) is 1.61. The predicted molar refractivity (Wildman–Crippen MR) is 76.4 cm³/mol. The first-order valence-electron chi connectivity index (χ1n) is 5.98. The lowest BCUT2D eigenvalue weighted by atomic mass is 10.2. The third-order valence-electron chi connectivity index (χ3n) is 2.40. The fourth-order valence-corrected chi connectivity index (χ4v) is 1.72. The van der Waals surface area contributed by atoms with Crippen molar-refractivity contribution in [2.45, 2.75) is 19.4 Å². The van der Waals surface area contributed by atoms with Crippen molar-refractivity contribution in [1.82, 2.24) is 0 Å². The summed E-state index contributed by atoms with van der Waals surface area (Å²) in [5.41, 5.74) is 6.67. The lowest BCUT2D eigenvalue weighted by Gasteiger charge is -2.12. The van der Waals surface area contributed by atoms with Crippen molar-refractivity contribution >= 4 is 28.9 Å². The number of hydrogen-bond donors (Lipinski definition) is 2. The molecule has 0 spiro atoms. The Morgan fingerprint density at radius 1 is 1.53 bits per heavy atom. The van der Waals surface area contributed by atoms with E-state index in [1.54, 1.807) is 25.3 Å². The van der Waals surface area contributed by atoms with Gasteiger partial charge in [0.15, 0.2) is 0 Å². The van der Waals surface area contributed by atoms with Crippen LogP contribution in [-0.4, -0.2) is 32.3 Å². The molecule has 0 fully saturated rings. The van der Waals surface area contributed by atoms with Gasteiger partial charge in [-0.2, -0.15) is 0 Å². The molecule has 1 rings (SSSR count). The van der Waals surface area contributed by atoms with E-state index in [9.17, 15) is 4.79 Å². The zero-order chi connectivity index (χ0) is 14.3. The first kappa shape index (κ1) is 15.8. The molecule has 0 aromatic heterocycles. The summed E-state index contributed by atoms with van der Waals surface area (Å²) in [6.45, 7) is 2.73. The number of carbonyl (C=O) groups is 1. The summed E-state index contributed by atoms with van der Waals surface area (Å²) in [5, 5.41) is 3.12. The topological polar surface area (TPSA) is 73.6 Å². The van der Waals surface area contributed by atoms with Crippen molar-refractivity contribution in [2.24, 2.45) is 0 Å². The first-order valence-corrected chi connectivity index (χ1v) is 6.36. The fraction of sp³-hybridized carbons (Fsp3) is 0.462. The second-order valence-corrected chi connectivity index (χ2v) is 4.58. The summed E-state index contributed by atoms with van der Waals surface area (Å²) in [5.74, 6) is -0.156. The van der Waals surface area contributed by atoms with Gasteiger partial charge in [0.1, 0.15) is 0 Å². The van der Waals surface area contributed by atoms with Gasteiger partial charge in [0.25, 0.3) is 0 Å². The van der Waals surface area contributed by atoms with E-state index in [1.807, 2.05) is 6.92 Å². The standard InChI is InChI=1S/C13H19ClN2O3/c1-9(8-18-2)19-6-5-13(17)16-12-4-3-10(15)7-11(12)14/h3-4,7,9H,5-6,8,15H2,1-2H3,(H,16,17). The molecule has 0 saturated carbocycles. The normalized spacial score (nSPS) is 12.2. The van der Waals surface area contributed by atoms with Crippen LogP contribution in [0.4, 0.5) is 11.4 Å². The Bertz CT molecular complexity index is 426. The van der Waals surface area contributed by atoms with E-state index >= 15 is 0 Å². The van der Waals surface area contributed by atoms with E-state index in [-0.39, 0.29) is 18.4 Å². The molecule has 0 aliphatic rings. The van der Waals surface area contributed by atoms with Crippen LogP contribution in [0.1, 0.15) is 13.3 Å². The number of methoxy groups -OCH3 is 1. The molecule has 1 unspecified atom stereocenters. The summed E-state index contributed by atoms with van der Waals surface area (Å²) in [6, 6.07) is 4.94. The molecule has 0 aliphatic heterocycles. The van der Waals surface area contributed by atoms with Gasteiger partial charge in [-0.1, -0.05) is 11.6 Å². The Balaban J connectivity index is 2.35. The molecule has 3 N–H and O–H groups in total. The third kappa shape index (κ3) is 5.92. The number of rotatable bonds is 7. The highest BCUT2D eigenvalue weighted by atomic mass is 35.5. The number of anilines is 2. The van der Waals surface area contributed by atoms with Gasteiger partial charge in [0.05, 0.1) is 36.4 Å². The van der Waals surface area contributed by atoms with Crippen molar-refractivity contribution in [2.75, 3.05) is 31.4 Å². The van der Waals surface area contributed by atoms with Crippen LogP contribution in [0.5, 0.6) is 0 Å². The Morgan fingerprint density at radius 2 is 2.26 bits per heavy atom. The zero-order valence-electron chi connectivity index (χ0n) is 11.1. The van der Waals surface area contributed by atoms with Crippen LogP contribution < -0.4 is 11.1 Å². The molecular weight excluding hydrogens is 268 g/mol. The van der Waals surface area contributed by atoms with Crippen LogP contribution in [0.3, 0.4) is 0 Å². The van der Waals surface area contributed by atoms with Crippen molar-refractivity contribution in [3.05, 3.63) is 23.2 Å². The van der Waals surface area contributed by atoms with Crippen molar-refractivity contribution in [3.63, 3.8) is 0 Å². The van der Waals surface area contributed by atoms with Crippen LogP contribution in [0.2, 0.25) is 5.02 Å². The molecule has 1 amide bonds. The highest BCUT2D eigenvalue weighted by molar-refractivity contribution is 6.34. The van der Waals surface area contributed by atoms with Crippen LogP contribution in [0.15, 0.2) is 18.2 Å². The summed E-state index contributed by atoms with van der Waals surface area (Å²) in [6.07, 6.45) is 0.229. The minimum Gasteiger partial charge on any atom is -0.399 e. The van der Waals surface area contributed by atoms with Gasteiger partial charge in [0.2, 0.25) is 5.91 Å². The maximum Gasteiger partial charge on any atom is 0.226 e. The number of halogens is 1. The van der Waals surface area contributed by atoms with Gasteiger partial charge in [-0.05, 0) is 25.1 Å². The largest absolute Gasteiger partial charge is 0.399 e. The highest BCUT2D eigenvalue weighted by Crippen LogP contribution is 2.24.